The van der Waals surface area contributed by atoms with E-state index in [0.717, 1.165) is 37.0 Å². The summed E-state index contributed by atoms with van der Waals surface area (Å²) < 4.78 is 5.86. The highest BCUT2D eigenvalue weighted by molar-refractivity contribution is 4.98. The molecule has 0 saturated carbocycles. The Morgan fingerprint density at radius 3 is 2.38 bits per heavy atom. The zero-order valence-electron chi connectivity index (χ0n) is 13.7. The normalized spacial score (nSPS) is 29.3. The molecule has 2 fully saturated rings. The SMILES string of the molecule is CCN(Cc1nnc(C(C)(C)C)o1)C1CC2CCC(C1)N2. The lowest BCUT2D eigenvalue weighted by Gasteiger charge is -2.36. The predicted molar refractivity (Wildman–Crippen MR) is 82.0 cm³/mol. The van der Waals surface area contributed by atoms with E-state index in [9.17, 15) is 0 Å². The maximum atomic E-state index is 5.86. The summed E-state index contributed by atoms with van der Waals surface area (Å²) in [6, 6.07) is 2.09. The van der Waals surface area contributed by atoms with Crippen molar-refractivity contribution in [3.05, 3.63) is 11.8 Å². The Balaban J connectivity index is 1.66. The number of hydrogen-bond acceptors (Lipinski definition) is 5. The van der Waals surface area contributed by atoms with Gasteiger partial charge in [0, 0.05) is 23.5 Å². The quantitative estimate of drug-likeness (QED) is 0.924. The van der Waals surface area contributed by atoms with Crippen molar-refractivity contribution in [2.45, 2.75) is 83.5 Å². The average Bonchev–Trinajstić information content (AvgIpc) is 3.02. The van der Waals surface area contributed by atoms with E-state index in [-0.39, 0.29) is 5.41 Å². The van der Waals surface area contributed by atoms with Gasteiger partial charge in [-0.3, -0.25) is 4.90 Å². The zero-order chi connectivity index (χ0) is 15.0. The highest BCUT2D eigenvalue weighted by atomic mass is 16.4. The maximum Gasteiger partial charge on any atom is 0.230 e. The lowest BCUT2D eigenvalue weighted by Crippen LogP contribution is -2.47. The molecule has 2 saturated heterocycles. The molecule has 0 aliphatic carbocycles. The van der Waals surface area contributed by atoms with Gasteiger partial charge in [-0.15, -0.1) is 10.2 Å². The number of nitrogens with one attached hydrogen (secondary N) is 1. The molecule has 1 aromatic heterocycles. The highest BCUT2D eigenvalue weighted by Crippen LogP contribution is 2.30. The van der Waals surface area contributed by atoms with Crippen LogP contribution in [0.1, 0.15) is 65.2 Å². The van der Waals surface area contributed by atoms with E-state index >= 15 is 0 Å². The van der Waals surface area contributed by atoms with E-state index in [0.29, 0.717) is 6.04 Å². The summed E-state index contributed by atoms with van der Waals surface area (Å²) in [5, 5.41) is 12.2. The number of fused-ring (bicyclic) bond motifs is 2. The molecule has 5 nitrogen and oxygen atoms in total. The zero-order valence-corrected chi connectivity index (χ0v) is 13.7. The first-order chi connectivity index (χ1) is 9.95. The third kappa shape index (κ3) is 3.29. The summed E-state index contributed by atoms with van der Waals surface area (Å²) in [5.41, 5.74) is -0.0733. The second kappa shape index (κ2) is 5.69. The molecule has 2 bridgehead atoms. The van der Waals surface area contributed by atoms with E-state index in [1.807, 2.05) is 0 Å². The van der Waals surface area contributed by atoms with Gasteiger partial charge in [0.05, 0.1) is 6.54 Å². The van der Waals surface area contributed by atoms with Gasteiger partial charge < -0.3 is 9.73 Å². The molecule has 3 rings (SSSR count). The van der Waals surface area contributed by atoms with Crippen molar-refractivity contribution in [2.75, 3.05) is 6.54 Å². The summed E-state index contributed by atoms with van der Waals surface area (Å²) in [6.45, 7) is 10.4. The number of hydrogen-bond donors (Lipinski definition) is 1. The summed E-state index contributed by atoms with van der Waals surface area (Å²) in [6.07, 6.45) is 5.19. The second-order valence-corrected chi connectivity index (χ2v) is 7.58. The molecule has 0 spiro atoms. The van der Waals surface area contributed by atoms with Gasteiger partial charge >= 0.3 is 0 Å². The smallest absolute Gasteiger partial charge is 0.230 e. The van der Waals surface area contributed by atoms with E-state index in [1.165, 1.54) is 25.7 Å². The molecule has 1 N–H and O–H groups in total. The molecule has 0 aromatic carbocycles. The van der Waals surface area contributed by atoms with Crippen molar-refractivity contribution in [1.29, 1.82) is 0 Å². The first kappa shape index (κ1) is 15.0. The van der Waals surface area contributed by atoms with Crippen LogP contribution in [0.4, 0.5) is 0 Å². The number of piperidine rings is 1. The minimum atomic E-state index is -0.0733. The number of rotatable bonds is 4. The van der Waals surface area contributed by atoms with Crippen molar-refractivity contribution in [3.63, 3.8) is 0 Å². The minimum absolute atomic E-state index is 0.0733. The van der Waals surface area contributed by atoms with Crippen LogP contribution in [0.25, 0.3) is 0 Å². The van der Waals surface area contributed by atoms with Gasteiger partial charge in [-0.05, 0) is 32.2 Å². The highest BCUT2D eigenvalue weighted by Gasteiger charge is 2.36. The molecule has 0 amide bonds. The summed E-state index contributed by atoms with van der Waals surface area (Å²) in [7, 11) is 0. The topological polar surface area (TPSA) is 54.2 Å². The molecule has 2 aliphatic rings. The van der Waals surface area contributed by atoms with Crippen molar-refractivity contribution >= 4 is 0 Å². The van der Waals surface area contributed by atoms with Crippen LogP contribution in [0.15, 0.2) is 4.42 Å². The summed E-state index contributed by atoms with van der Waals surface area (Å²) >= 11 is 0. The van der Waals surface area contributed by atoms with Crippen molar-refractivity contribution < 1.29 is 4.42 Å². The van der Waals surface area contributed by atoms with Gasteiger partial charge in [0.1, 0.15) is 0 Å². The summed E-state index contributed by atoms with van der Waals surface area (Å²) in [4.78, 5) is 2.51. The van der Waals surface area contributed by atoms with Gasteiger partial charge in [0.2, 0.25) is 11.8 Å². The van der Waals surface area contributed by atoms with Crippen LogP contribution in [0.5, 0.6) is 0 Å². The molecule has 5 heteroatoms. The van der Waals surface area contributed by atoms with Crippen LogP contribution >= 0.6 is 0 Å². The largest absolute Gasteiger partial charge is 0.423 e. The first-order valence-electron chi connectivity index (χ1n) is 8.28. The molecule has 2 unspecified atom stereocenters. The van der Waals surface area contributed by atoms with Crippen LogP contribution in [0, 0.1) is 0 Å². The van der Waals surface area contributed by atoms with Crippen LogP contribution in [0.2, 0.25) is 0 Å². The fraction of sp³-hybridized carbons (Fsp3) is 0.875. The van der Waals surface area contributed by atoms with Gasteiger partial charge in [0.25, 0.3) is 0 Å². The van der Waals surface area contributed by atoms with Crippen LogP contribution in [-0.4, -0.2) is 39.8 Å². The van der Waals surface area contributed by atoms with Gasteiger partial charge in [-0.2, -0.15) is 0 Å². The monoisotopic (exact) mass is 292 g/mol. The predicted octanol–water partition coefficient (Wildman–Crippen LogP) is 2.47. The third-order valence-electron chi connectivity index (χ3n) is 4.82. The Kier molecular flexibility index (Phi) is 4.06. The van der Waals surface area contributed by atoms with Crippen LogP contribution in [0.3, 0.4) is 0 Å². The van der Waals surface area contributed by atoms with E-state index in [4.69, 9.17) is 4.42 Å². The molecule has 118 valence electrons. The molecular formula is C16H28N4O. The maximum absolute atomic E-state index is 5.86. The molecule has 2 atom stereocenters. The number of aromatic nitrogens is 2. The minimum Gasteiger partial charge on any atom is -0.423 e. The Labute approximate surface area is 127 Å². The Morgan fingerprint density at radius 2 is 1.86 bits per heavy atom. The van der Waals surface area contributed by atoms with Crippen molar-refractivity contribution in [1.82, 2.24) is 20.4 Å². The Hall–Kier alpha value is -0.940. The first-order valence-corrected chi connectivity index (χ1v) is 8.28. The average molecular weight is 292 g/mol. The molecule has 1 aromatic rings. The van der Waals surface area contributed by atoms with Crippen molar-refractivity contribution in [2.24, 2.45) is 0 Å². The fourth-order valence-corrected chi connectivity index (χ4v) is 3.62. The van der Waals surface area contributed by atoms with Gasteiger partial charge in [-0.1, -0.05) is 27.7 Å². The summed E-state index contributed by atoms with van der Waals surface area (Å²) in [5.74, 6) is 1.49. The Bertz CT molecular complexity index is 467. The van der Waals surface area contributed by atoms with E-state index < -0.39 is 0 Å². The van der Waals surface area contributed by atoms with E-state index in [2.05, 4.69) is 48.1 Å². The standard InChI is InChI=1S/C16H28N4O/c1-5-20(13-8-11-6-7-12(9-13)17-11)10-14-18-19-15(21-14)16(2,3)4/h11-13,17H,5-10H2,1-4H3. The number of nitrogens with zero attached hydrogens (tertiary/aromatic N) is 3. The van der Waals surface area contributed by atoms with Crippen molar-refractivity contribution in [3.8, 4) is 0 Å². The third-order valence-corrected chi connectivity index (χ3v) is 4.82. The van der Waals surface area contributed by atoms with Gasteiger partial charge in [0.15, 0.2) is 0 Å². The molecular weight excluding hydrogens is 264 g/mol. The fourth-order valence-electron chi connectivity index (χ4n) is 3.62. The van der Waals surface area contributed by atoms with Gasteiger partial charge in [-0.25, -0.2) is 0 Å². The lowest BCUT2D eigenvalue weighted by atomic mass is 9.97. The second-order valence-electron chi connectivity index (χ2n) is 7.58. The molecule has 3 heterocycles. The molecule has 2 aliphatic heterocycles. The van der Waals surface area contributed by atoms with E-state index in [1.54, 1.807) is 0 Å². The molecule has 0 radical (unpaired) electrons. The molecule has 21 heavy (non-hydrogen) atoms. The van der Waals surface area contributed by atoms with Crippen LogP contribution < -0.4 is 5.32 Å². The lowest BCUT2D eigenvalue weighted by molar-refractivity contribution is 0.128. The Morgan fingerprint density at radius 1 is 1.19 bits per heavy atom. The van der Waals surface area contributed by atoms with Crippen LogP contribution in [-0.2, 0) is 12.0 Å².